The van der Waals surface area contributed by atoms with Gasteiger partial charge in [0, 0.05) is 19.7 Å². The molecule has 0 bridgehead atoms. The highest BCUT2D eigenvalue weighted by Crippen LogP contribution is 2.39. The maximum atomic E-state index is 13.7. The van der Waals surface area contributed by atoms with Crippen LogP contribution in [-0.2, 0) is 9.59 Å². The molecule has 7 heteroatoms. The van der Waals surface area contributed by atoms with Gasteiger partial charge < -0.3 is 19.5 Å². The number of nitrogens with zero attached hydrogens (tertiary/aromatic N) is 2. The van der Waals surface area contributed by atoms with Crippen molar-refractivity contribution >= 4 is 23.1 Å². The molecule has 2 aromatic rings. The van der Waals surface area contributed by atoms with Gasteiger partial charge in [-0.15, -0.1) is 0 Å². The maximum absolute atomic E-state index is 13.7. The minimum Gasteiger partial charge on any atom is -0.495 e. The van der Waals surface area contributed by atoms with Gasteiger partial charge in [0.1, 0.15) is 17.2 Å². The first kappa shape index (κ1) is 21.9. The standard InChI is InChI=1S/C25H28N2O5/c1-3-32-19-12-10-18(11-13-19)22-23(26-14-6-7-17(15-26)16-28)25(30)27(24(22)29)20-8-4-5-9-21(20)31-2/h4-5,8-13,17,28H,3,6-7,14-16H2,1-2H3. The van der Waals surface area contributed by atoms with Crippen molar-refractivity contribution in [3.8, 4) is 11.5 Å². The summed E-state index contributed by atoms with van der Waals surface area (Å²) in [6.07, 6.45) is 1.75. The van der Waals surface area contributed by atoms with Crippen molar-refractivity contribution in [3.05, 3.63) is 59.8 Å². The molecular weight excluding hydrogens is 408 g/mol. The second-order valence-corrected chi connectivity index (χ2v) is 7.94. The molecule has 0 aromatic heterocycles. The smallest absolute Gasteiger partial charge is 0.282 e. The molecule has 32 heavy (non-hydrogen) atoms. The van der Waals surface area contributed by atoms with Gasteiger partial charge >= 0.3 is 0 Å². The van der Waals surface area contributed by atoms with E-state index in [1.807, 2.05) is 24.0 Å². The molecule has 1 fully saturated rings. The average Bonchev–Trinajstić information content (AvgIpc) is 3.09. The van der Waals surface area contributed by atoms with Crippen LogP contribution in [-0.4, -0.2) is 55.2 Å². The zero-order valence-corrected chi connectivity index (χ0v) is 18.4. The number of piperidine rings is 1. The van der Waals surface area contributed by atoms with Crippen LogP contribution in [0.1, 0.15) is 25.3 Å². The van der Waals surface area contributed by atoms with Gasteiger partial charge in [0.25, 0.3) is 11.8 Å². The van der Waals surface area contributed by atoms with Crippen molar-refractivity contribution in [2.75, 3.05) is 38.3 Å². The Morgan fingerprint density at radius 3 is 2.50 bits per heavy atom. The van der Waals surface area contributed by atoms with Crippen LogP contribution in [0.2, 0.25) is 0 Å². The van der Waals surface area contributed by atoms with E-state index in [0.29, 0.717) is 53.7 Å². The maximum Gasteiger partial charge on any atom is 0.282 e. The molecule has 2 aromatic carbocycles. The highest BCUT2D eigenvalue weighted by molar-refractivity contribution is 6.45. The summed E-state index contributed by atoms with van der Waals surface area (Å²) < 4.78 is 11.0. The normalized spacial score (nSPS) is 19.0. The first-order valence-electron chi connectivity index (χ1n) is 10.9. The minimum absolute atomic E-state index is 0.0561. The fourth-order valence-electron chi connectivity index (χ4n) is 4.41. The Balaban J connectivity index is 1.80. The Bertz CT molecular complexity index is 1030. The van der Waals surface area contributed by atoms with E-state index in [0.717, 1.165) is 12.8 Å². The van der Waals surface area contributed by atoms with E-state index in [1.54, 1.807) is 36.4 Å². The summed E-state index contributed by atoms with van der Waals surface area (Å²) in [5, 5.41) is 9.70. The van der Waals surface area contributed by atoms with Crippen LogP contribution < -0.4 is 14.4 Å². The van der Waals surface area contributed by atoms with Gasteiger partial charge in [0.15, 0.2) is 0 Å². The third-order valence-corrected chi connectivity index (χ3v) is 5.93. The molecule has 0 spiro atoms. The highest BCUT2D eigenvalue weighted by Gasteiger charge is 2.44. The van der Waals surface area contributed by atoms with Crippen molar-refractivity contribution in [2.24, 2.45) is 5.92 Å². The molecule has 168 valence electrons. The summed E-state index contributed by atoms with van der Waals surface area (Å²) >= 11 is 0. The van der Waals surface area contributed by atoms with Gasteiger partial charge in [-0.1, -0.05) is 24.3 Å². The number of para-hydroxylation sites is 2. The first-order valence-corrected chi connectivity index (χ1v) is 10.9. The lowest BCUT2D eigenvalue weighted by Crippen LogP contribution is -2.40. The summed E-state index contributed by atoms with van der Waals surface area (Å²) in [5.41, 5.74) is 1.82. The molecule has 0 radical (unpaired) electrons. The quantitative estimate of drug-likeness (QED) is 0.672. The second-order valence-electron chi connectivity index (χ2n) is 7.94. The number of carbonyl (C=O) groups is 2. The van der Waals surface area contributed by atoms with Gasteiger partial charge in [-0.2, -0.15) is 0 Å². The number of imide groups is 1. The first-order chi connectivity index (χ1) is 15.6. The third kappa shape index (κ3) is 3.96. The van der Waals surface area contributed by atoms with E-state index >= 15 is 0 Å². The number of aliphatic hydroxyl groups is 1. The number of benzene rings is 2. The lowest BCUT2D eigenvalue weighted by Gasteiger charge is -2.34. The van der Waals surface area contributed by atoms with Crippen molar-refractivity contribution in [3.63, 3.8) is 0 Å². The molecule has 1 saturated heterocycles. The largest absolute Gasteiger partial charge is 0.495 e. The fraction of sp³-hybridized carbons (Fsp3) is 0.360. The van der Waals surface area contributed by atoms with Crippen molar-refractivity contribution < 1.29 is 24.2 Å². The van der Waals surface area contributed by atoms with E-state index in [9.17, 15) is 14.7 Å². The van der Waals surface area contributed by atoms with Crippen molar-refractivity contribution in [1.82, 2.24) is 4.90 Å². The third-order valence-electron chi connectivity index (χ3n) is 5.93. The van der Waals surface area contributed by atoms with E-state index < -0.39 is 0 Å². The topological polar surface area (TPSA) is 79.3 Å². The monoisotopic (exact) mass is 436 g/mol. The number of ether oxygens (including phenoxy) is 2. The number of hydrogen-bond acceptors (Lipinski definition) is 6. The summed E-state index contributed by atoms with van der Waals surface area (Å²) in [6, 6.07) is 14.2. The molecule has 7 nitrogen and oxygen atoms in total. The summed E-state index contributed by atoms with van der Waals surface area (Å²) in [4.78, 5) is 30.5. The van der Waals surface area contributed by atoms with Crippen LogP contribution in [0, 0.1) is 5.92 Å². The lowest BCUT2D eigenvalue weighted by molar-refractivity contribution is -0.120. The van der Waals surface area contributed by atoms with E-state index in [1.165, 1.54) is 12.0 Å². The number of rotatable bonds is 7. The predicted octanol–water partition coefficient (Wildman–Crippen LogP) is 3.08. The van der Waals surface area contributed by atoms with Crippen LogP contribution in [0.25, 0.3) is 5.57 Å². The molecule has 2 amide bonds. The molecule has 4 rings (SSSR count). The summed E-state index contributed by atoms with van der Waals surface area (Å²) in [6.45, 7) is 3.70. The molecule has 0 saturated carbocycles. The van der Waals surface area contributed by atoms with Crippen LogP contribution >= 0.6 is 0 Å². The fourth-order valence-corrected chi connectivity index (χ4v) is 4.41. The Morgan fingerprint density at radius 2 is 1.81 bits per heavy atom. The zero-order chi connectivity index (χ0) is 22.7. The minimum atomic E-state index is -0.384. The van der Waals surface area contributed by atoms with Gasteiger partial charge in [0.2, 0.25) is 0 Å². The van der Waals surface area contributed by atoms with Crippen molar-refractivity contribution in [1.29, 1.82) is 0 Å². The lowest BCUT2D eigenvalue weighted by atomic mass is 9.97. The number of anilines is 1. The Morgan fingerprint density at radius 1 is 1.06 bits per heavy atom. The molecule has 1 unspecified atom stereocenters. The van der Waals surface area contributed by atoms with Crippen LogP contribution in [0.5, 0.6) is 11.5 Å². The molecule has 1 N–H and O–H groups in total. The SMILES string of the molecule is CCOc1ccc(C2=C(N3CCCC(CO)C3)C(=O)N(c3ccccc3OC)C2=O)cc1. The van der Waals surface area contributed by atoms with Crippen LogP contribution in [0.15, 0.2) is 54.2 Å². The average molecular weight is 437 g/mol. The van der Waals surface area contributed by atoms with E-state index in [2.05, 4.69) is 0 Å². The summed E-state index contributed by atoms with van der Waals surface area (Å²) in [5.74, 6) is 0.469. The molecule has 0 aliphatic carbocycles. The van der Waals surface area contributed by atoms with Gasteiger partial charge in [-0.3, -0.25) is 9.59 Å². The number of hydrogen-bond donors (Lipinski definition) is 1. The summed E-state index contributed by atoms with van der Waals surface area (Å²) in [7, 11) is 1.52. The van der Waals surface area contributed by atoms with E-state index in [4.69, 9.17) is 9.47 Å². The van der Waals surface area contributed by atoms with Gasteiger partial charge in [-0.25, -0.2) is 4.90 Å². The van der Waals surface area contributed by atoms with Gasteiger partial charge in [0.05, 0.1) is 25.0 Å². The van der Waals surface area contributed by atoms with Gasteiger partial charge in [-0.05, 0) is 55.5 Å². The second kappa shape index (κ2) is 9.44. The number of aliphatic hydroxyl groups excluding tert-OH is 1. The highest BCUT2D eigenvalue weighted by atomic mass is 16.5. The van der Waals surface area contributed by atoms with Crippen LogP contribution in [0.3, 0.4) is 0 Å². The molecular formula is C25H28N2O5. The molecule has 2 aliphatic heterocycles. The zero-order valence-electron chi connectivity index (χ0n) is 18.4. The molecule has 2 aliphatic rings. The number of methoxy groups -OCH3 is 1. The van der Waals surface area contributed by atoms with Crippen LogP contribution in [0.4, 0.5) is 5.69 Å². The van der Waals surface area contributed by atoms with Crippen molar-refractivity contribution in [2.45, 2.75) is 19.8 Å². The Kier molecular flexibility index (Phi) is 6.46. The number of likely N-dealkylation sites (tertiary alicyclic amines) is 1. The molecule has 1 atom stereocenters. The number of amides is 2. The Labute approximate surface area is 187 Å². The number of carbonyl (C=O) groups excluding carboxylic acids is 2. The Hall–Kier alpha value is -3.32. The predicted molar refractivity (Wildman–Crippen MR) is 121 cm³/mol. The van der Waals surface area contributed by atoms with E-state index in [-0.39, 0.29) is 24.3 Å². The molecule has 2 heterocycles.